The highest BCUT2D eigenvalue weighted by atomic mass is 16.7. The lowest BCUT2D eigenvalue weighted by Gasteiger charge is -2.49. The average Bonchev–Trinajstić information content (AvgIpc) is 3.15. The van der Waals surface area contributed by atoms with Crippen LogP contribution in [-0.2, 0) is 38.0 Å². The van der Waals surface area contributed by atoms with Gasteiger partial charge in [0.15, 0.2) is 12.6 Å². The minimum atomic E-state index is -1.85. The van der Waals surface area contributed by atoms with Gasteiger partial charge in [-0.1, -0.05) is 20.8 Å². The number of aliphatic hydroxyl groups excluding tert-OH is 3. The number of rotatable bonds is 9. The summed E-state index contributed by atoms with van der Waals surface area (Å²) in [6.45, 7) is 17.5. The van der Waals surface area contributed by atoms with Gasteiger partial charge in [0.05, 0.1) is 47.6 Å². The first-order valence-corrected chi connectivity index (χ1v) is 20.8. The first kappa shape index (κ1) is 50.2. The third kappa shape index (κ3) is 11.6. The molecule has 58 heavy (non-hydrogen) atoms. The molecule has 3 rings (SSSR count). The van der Waals surface area contributed by atoms with Gasteiger partial charge in [-0.3, -0.25) is 4.79 Å². The van der Waals surface area contributed by atoms with Crippen LogP contribution in [0.3, 0.4) is 0 Å². The maximum Gasteiger partial charge on any atom is 0.409 e. The second-order valence-electron chi connectivity index (χ2n) is 17.9. The van der Waals surface area contributed by atoms with Gasteiger partial charge in [-0.15, -0.1) is 12.3 Å². The van der Waals surface area contributed by atoms with Crippen LogP contribution in [0.5, 0.6) is 0 Å². The number of aliphatic hydroxyl groups is 5. The van der Waals surface area contributed by atoms with E-state index in [1.165, 1.54) is 26.0 Å². The highest BCUT2D eigenvalue weighted by molar-refractivity contribution is 5.73. The summed E-state index contributed by atoms with van der Waals surface area (Å²) in [7, 11) is 4.80. The summed E-state index contributed by atoms with van der Waals surface area (Å²) in [6, 6.07) is -1.39. The van der Waals surface area contributed by atoms with Crippen molar-refractivity contribution < 1.29 is 68.3 Å². The van der Waals surface area contributed by atoms with Crippen LogP contribution in [-0.4, -0.2) is 172 Å². The number of methoxy groups -OCH3 is 1. The zero-order valence-corrected chi connectivity index (χ0v) is 37.0. The molecule has 16 heteroatoms. The van der Waals surface area contributed by atoms with Crippen molar-refractivity contribution in [2.75, 3.05) is 34.4 Å². The van der Waals surface area contributed by atoms with Crippen LogP contribution < -0.4 is 0 Å². The molecule has 0 unspecified atom stereocenters. The quantitative estimate of drug-likeness (QED) is 0.129. The minimum absolute atomic E-state index is 0.00652. The predicted molar refractivity (Wildman–Crippen MR) is 213 cm³/mol. The van der Waals surface area contributed by atoms with Crippen molar-refractivity contribution in [1.82, 2.24) is 9.80 Å². The molecule has 0 aromatic rings. The number of ether oxygens (including phenoxy) is 7. The van der Waals surface area contributed by atoms with Gasteiger partial charge in [-0.25, -0.2) is 4.79 Å². The molecule has 1 amide bonds. The zero-order valence-electron chi connectivity index (χ0n) is 37.0. The molecule has 0 aromatic carbocycles. The number of carbonyl (C=O) groups is 2. The molecule has 0 spiro atoms. The molecule has 0 aliphatic carbocycles. The largest absolute Gasteiger partial charge is 0.459 e. The van der Waals surface area contributed by atoms with E-state index in [4.69, 9.17) is 39.6 Å². The Morgan fingerprint density at radius 2 is 1.66 bits per heavy atom. The Hall–Kier alpha value is -2.14. The van der Waals surface area contributed by atoms with Gasteiger partial charge >= 0.3 is 12.1 Å². The molecule has 3 saturated heterocycles. The topological polar surface area (TPSA) is 206 Å². The lowest BCUT2D eigenvalue weighted by Crippen LogP contribution is -2.61. The number of nitrogens with zero attached hydrogens (tertiary/aromatic N) is 2. The summed E-state index contributed by atoms with van der Waals surface area (Å²) < 4.78 is 42.8. The van der Waals surface area contributed by atoms with Gasteiger partial charge in [0.2, 0.25) is 0 Å². The Labute approximate surface area is 345 Å². The maximum absolute atomic E-state index is 14.3. The predicted octanol–water partition coefficient (Wildman–Crippen LogP) is 2.43. The molecule has 0 saturated carbocycles. The molecular weight excluding hydrogens is 756 g/mol. The van der Waals surface area contributed by atoms with Crippen molar-refractivity contribution in [2.24, 2.45) is 17.8 Å². The molecule has 3 fully saturated rings. The molecule has 336 valence electrons. The number of cyclic esters (lactones) is 1. The summed E-state index contributed by atoms with van der Waals surface area (Å²) in [5, 5.41) is 58.7. The molecule has 3 heterocycles. The lowest BCUT2D eigenvalue weighted by atomic mass is 9.77. The van der Waals surface area contributed by atoms with Crippen LogP contribution in [0.4, 0.5) is 4.79 Å². The number of hydrogen-bond acceptors (Lipinski definition) is 15. The number of amides is 1. The van der Waals surface area contributed by atoms with Gasteiger partial charge in [-0.05, 0) is 80.7 Å². The fourth-order valence-corrected chi connectivity index (χ4v) is 9.04. The highest BCUT2D eigenvalue weighted by Crippen LogP contribution is 2.40. The zero-order chi connectivity index (χ0) is 44.1. The first-order valence-electron chi connectivity index (χ1n) is 20.8. The number of likely N-dealkylation sites (N-methyl/N-ethyl adjacent to an activating group) is 2. The second kappa shape index (κ2) is 20.6. The summed E-state index contributed by atoms with van der Waals surface area (Å²) >= 11 is 0. The van der Waals surface area contributed by atoms with Crippen LogP contribution in [0, 0.1) is 30.1 Å². The average molecular weight is 831 g/mol. The van der Waals surface area contributed by atoms with Crippen molar-refractivity contribution in [3.05, 3.63) is 0 Å². The van der Waals surface area contributed by atoms with E-state index in [1.54, 1.807) is 62.4 Å². The fourth-order valence-electron chi connectivity index (χ4n) is 9.04. The van der Waals surface area contributed by atoms with Crippen LogP contribution in [0.25, 0.3) is 0 Å². The Morgan fingerprint density at radius 3 is 2.24 bits per heavy atom. The van der Waals surface area contributed by atoms with E-state index in [9.17, 15) is 35.1 Å². The van der Waals surface area contributed by atoms with Gasteiger partial charge < -0.3 is 68.5 Å². The van der Waals surface area contributed by atoms with E-state index in [2.05, 4.69) is 5.92 Å². The Balaban J connectivity index is 2.16. The van der Waals surface area contributed by atoms with E-state index in [0.29, 0.717) is 6.54 Å². The molecule has 0 bridgehead atoms. The summed E-state index contributed by atoms with van der Waals surface area (Å²) in [4.78, 5) is 30.4. The van der Waals surface area contributed by atoms with Crippen molar-refractivity contribution in [2.45, 2.75) is 192 Å². The lowest BCUT2D eigenvalue weighted by molar-refractivity contribution is -0.317. The number of esters is 1. The Kier molecular flexibility index (Phi) is 17.8. The summed E-state index contributed by atoms with van der Waals surface area (Å²) in [5.74, 6) is -0.501. The smallest absolute Gasteiger partial charge is 0.409 e. The van der Waals surface area contributed by atoms with Crippen LogP contribution in [0.1, 0.15) is 101 Å². The van der Waals surface area contributed by atoms with Crippen LogP contribution in [0.2, 0.25) is 0 Å². The third-order valence-electron chi connectivity index (χ3n) is 12.8. The summed E-state index contributed by atoms with van der Waals surface area (Å²) in [6.07, 6.45) is -5.20. The number of hydrogen-bond donors (Lipinski definition) is 5. The first-order chi connectivity index (χ1) is 26.9. The molecule has 18 atom stereocenters. The Bertz CT molecular complexity index is 1380. The molecule has 5 N–H and O–H groups in total. The highest BCUT2D eigenvalue weighted by Gasteiger charge is 2.53. The minimum Gasteiger partial charge on any atom is -0.459 e. The van der Waals surface area contributed by atoms with E-state index in [0.717, 1.165) is 0 Å². The monoisotopic (exact) mass is 831 g/mol. The molecular formula is C42H74N2O14. The number of carbonyl (C=O) groups excluding carboxylic acids is 2. The second-order valence-corrected chi connectivity index (χ2v) is 17.9. The molecule has 16 nitrogen and oxygen atoms in total. The SMILES string of the molecule is C#CCCOC(=O)N(C)[C@H]1C[C@@H](C)O[C@@H](O[C@@H]2[C@@H](C)[C@H](O[C@H]3C[C@@](C)(OC)[C@@H](O)[C@H](C)O3)[C@@H](C)C(=O)O[C@H](CC)[C@@](C)(O)[C@H](O)[C@@H](C)N(C)C[C@H](C)C[C@@]2(C)O)[C@@H]1O. The van der Waals surface area contributed by atoms with Gasteiger partial charge in [0.1, 0.15) is 36.6 Å². The number of terminal acetylenes is 1. The summed E-state index contributed by atoms with van der Waals surface area (Å²) in [5.41, 5.74) is -4.60. The van der Waals surface area contributed by atoms with Crippen molar-refractivity contribution in [3.63, 3.8) is 0 Å². The van der Waals surface area contributed by atoms with Crippen molar-refractivity contribution in [3.8, 4) is 12.3 Å². The fraction of sp³-hybridized carbons (Fsp3) is 0.905. The van der Waals surface area contributed by atoms with E-state index < -0.39 is 114 Å². The standard InChI is InChI=1S/C42H74N2O14/c1-15-17-18-53-39(49)44(13)29-19-24(4)54-38(32(29)45)58-36-25(5)33(57-31-21-41(10,52-14)35(47)28(8)55-31)26(6)37(48)56-30(16-2)42(11,51)34(46)27(7)43(12)22-23(3)20-40(36,9)50/h1,23-36,38,45-47,50-51H,16-22H2,2-14H3/t23-,24-,25+,26-,27-,28+,29+,30-,31+,32-,33+,34-,35+,36-,38+,40-,41-,42-/m1/s1. The van der Waals surface area contributed by atoms with Crippen molar-refractivity contribution in [1.29, 1.82) is 0 Å². The third-order valence-corrected chi connectivity index (χ3v) is 12.8. The maximum atomic E-state index is 14.3. The van der Waals surface area contributed by atoms with E-state index >= 15 is 0 Å². The molecule has 0 radical (unpaired) electrons. The van der Waals surface area contributed by atoms with Gasteiger partial charge in [0.25, 0.3) is 0 Å². The van der Waals surface area contributed by atoms with E-state index in [1.807, 2.05) is 11.8 Å². The molecule has 0 aromatic heterocycles. The van der Waals surface area contributed by atoms with Gasteiger partial charge in [0, 0.05) is 45.5 Å². The van der Waals surface area contributed by atoms with E-state index in [-0.39, 0.29) is 44.6 Å². The Morgan fingerprint density at radius 1 is 1.02 bits per heavy atom. The molecule has 3 aliphatic rings. The van der Waals surface area contributed by atoms with Crippen LogP contribution >= 0.6 is 0 Å². The molecule has 3 aliphatic heterocycles. The normalized spacial score (nSPS) is 45.3. The van der Waals surface area contributed by atoms with Gasteiger partial charge in [-0.2, -0.15) is 0 Å². The van der Waals surface area contributed by atoms with Crippen molar-refractivity contribution >= 4 is 12.1 Å². The van der Waals surface area contributed by atoms with Crippen LogP contribution in [0.15, 0.2) is 0 Å².